The van der Waals surface area contributed by atoms with E-state index in [0.717, 1.165) is 17.1 Å². The summed E-state index contributed by atoms with van der Waals surface area (Å²) >= 11 is 0. The molecule has 1 aliphatic heterocycles. The van der Waals surface area contributed by atoms with Gasteiger partial charge in [0.05, 0.1) is 11.0 Å². The summed E-state index contributed by atoms with van der Waals surface area (Å²) in [6.07, 6.45) is 0. The van der Waals surface area contributed by atoms with Gasteiger partial charge in [-0.25, -0.2) is 0 Å². The first kappa shape index (κ1) is 23.7. The predicted octanol–water partition coefficient (Wildman–Crippen LogP) is 11.7. The topological polar surface area (TPSA) is 14.2 Å². The molecule has 204 valence electrons. The third kappa shape index (κ3) is 3.25. The summed E-state index contributed by atoms with van der Waals surface area (Å²) in [5.74, 6) is 1.82. The van der Waals surface area contributed by atoms with Crippen LogP contribution >= 0.6 is 0 Å². The second kappa shape index (κ2) is 8.82. The van der Waals surface area contributed by atoms with E-state index in [0.29, 0.717) is 0 Å². The van der Waals surface area contributed by atoms with E-state index < -0.39 is 0 Å². The monoisotopic (exact) mass is 559 g/mol. The number of rotatable bonds is 2. The van der Waals surface area contributed by atoms with E-state index >= 15 is 0 Å². The molecule has 0 atom stereocenters. The Hall–Kier alpha value is -5.86. The van der Waals surface area contributed by atoms with E-state index in [1.807, 2.05) is 0 Å². The Labute approximate surface area is 254 Å². The predicted molar refractivity (Wildman–Crippen MR) is 184 cm³/mol. The van der Waals surface area contributed by atoms with Gasteiger partial charge in [-0.2, -0.15) is 0 Å². The Bertz CT molecular complexity index is 2640. The molecule has 9 aromatic rings. The molecule has 0 radical (unpaired) electrons. The van der Waals surface area contributed by atoms with Crippen LogP contribution in [0.2, 0.25) is 0 Å². The Morgan fingerprint density at radius 1 is 0.409 bits per heavy atom. The quantitative estimate of drug-likeness (QED) is 0.205. The van der Waals surface area contributed by atoms with Crippen LogP contribution in [0.15, 0.2) is 152 Å². The summed E-state index contributed by atoms with van der Waals surface area (Å²) in [5, 5.41) is 9.86. The summed E-state index contributed by atoms with van der Waals surface area (Å²) in [4.78, 5) is 0. The number of hydrogen-bond donors (Lipinski definition) is 0. The average Bonchev–Trinajstić information content (AvgIpc) is 3.43. The second-order valence-electron chi connectivity index (χ2n) is 11.7. The van der Waals surface area contributed by atoms with Gasteiger partial charge in [0.15, 0.2) is 0 Å². The Kier molecular flexibility index (Phi) is 4.75. The molecule has 0 fully saturated rings. The lowest BCUT2D eigenvalue weighted by Crippen LogP contribution is -1.97. The third-order valence-corrected chi connectivity index (χ3v) is 9.34. The normalized spacial score (nSPS) is 12.3. The van der Waals surface area contributed by atoms with Crippen molar-refractivity contribution in [1.29, 1.82) is 0 Å². The fourth-order valence-corrected chi connectivity index (χ4v) is 7.38. The fraction of sp³-hybridized carbons (Fsp3) is 0. The van der Waals surface area contributed by atoms with Crippen molar-refractivity contribution in [2.45, 2.75) is 0 Å². The van der Waals surface area contributed by atoms with E-state index in [-0.39, 0.29) is 0 Å². The minimum absolute atomic E-state index is 0.900. The average molecular weight is 560 g/mol. The van der Waals surface area contributed by atoms with E-state index in [1.54, 1.807) is 0 Å². The lowest BCUT2D eigenvalue weighted by atomic mass is 9.91. The Balaban J connectivity index is 1.29. The summed E-state index contributed by atoms with van der Waals surface area (Å²) in [5.41, 5.74) is 8.35. The Morgan fingerprint density at radius 2 is 1.16 bits per heavy atom. The zero-order valence-corrected chi connectivity index (χ0v) is 23.8. The molecule has 8 aromatic carbocycles. The van der Waals surface area contributed by atoms with Gasteiger partial charge < -0.3 is 9.30 Å². The van der Waals surface area contributed by atoms with Crippen LogP contribution in [0.4, 0.5) is 0 Å². The van der Waals surface area contributed by atoms with E-state index in [4.69, 9.17) is 4.74 Å². The van der Waals surface area contributed by atoms with Gasteiger partial charge in [-0.1, -0.05) is 115 Å². The van der Waals surface area contributed by atoms with Gasteiger partial charge in [-0.05, 0) is 74.6 Å². The van der Waals surface area contributed by atoms with Crippen LogP contribution in [0.1, 0.15) is 0 Å². The van der Waals surface area contributed by atoms with Gasteiger partial charge in [0.1, 0.15) is 11.5 Å². The van der Waals surface area contributed by atoms with Crippen molar-refractivity contribution < 1.29 is 4.74 Å². The molecule has 0 N–H and O–H groups in total. The molecule has 2 heteroatoms. The number of ether oxygens (including phenoxy) is 1. The number of nitrogens with zero attached hydrogens (tertiary/aromatic N) is 1. The fourth-order valence-electron chi connectivity index (χ4n) is 7.38. The van der Waals surface area contributed by atoms with Crippen LogP contribution in [-0.4, -0.2) is 4.57 Å². The molecule has 0 saturated carbocycles. The van der Waals surface area contributed by atoms with Crippen LogP contribution in [0.25, 0.3) is 82.1 Å². The Morgan fingerprint density at radius 3 is 2.09 bits per heavy atom. The second-order valence-corrected chi connectivity index (χ2v) is 11.7. The minimum atomic E-state index is 0.900. The highest BCUT2D eigenvalue weighted by Gasteiger charge is 2.22. The number of fused-ring (bicyclic) bond motifs is 8. The highest BCUT2D eigenvalue weighted by atomic mass is 16.5. The molecule has 0 aliphatic carbocycles. The first-order valence-corrected chi connectivity index (χ1v) is 15.1. The standard InChI is InChI=1S/C42H25NO/c1-2-10-29-24-31(21-18-26(29)8-1)43-37-16-7-14-32(41(37)35-22-19-27-9-3-4-13-33(27)42(35)43)30-20-23-38-36(25-30)34-15-5-11-28-12-6-17-39(44-38)40(28)34/h1-25H. The summed E-state index contributed by atoms with van der Waals surface area (Å²) in [6.45, 7) is 0. The van der Waals surface area contributed by atoms with Crippen LogP contribution < -0.4 is 4.74 Å². The smallest absolute Gasteiger partial charge is 0.135 e. The molecule has 0 saturated heterocycles. The lowest BCUT2D eigenvalue weighted by Gasteiger charge is -2.22. The molecule has 0 amide bonds. The van der Waals surface area contributed by atoms with Crippen LogP contribution in [0, 0.1) is 0 Å². The largest absolute Gasteiger partial charge is 0.456 e. The molecule has 1 aromatic heterocycles. The molecule has 0 spiro atoms. The van der Waals surface area contributed by atoms with Crippen molar-refractivity contribution in [3.63, 3.8) is 0 Å². The van der Waals surface area contributed by atoms with E-state index in [1.165, 1.54) is 76.5 Å². The van der Waals surface area contributed by atoms with Crippen molar-refractivity contribution in [2.75, 3.05) is 0 Å². The highest BCUT2D eigenvalue weighted by Crippen LogP contribution is 2.49. The molecule has 2 nitrogen and oxygen atoms in total. The molecule has 44 heavy (non-hydrogen) atoms. The molecule has 0 unspecified atom stereocenters. The third-order valence-electron chi connectivity index (χ3n) is 9.34. The summed E-state index contributed by atoms with van der Waals surface area (Å²) in [6, 6.07) is 54.9. The maximum atomic E-state index is 6.44. The first-order chi connectivity index (χ1) is 21.8. The molecular weight excluding hydrogens is 534 g/mol. The van der Waals surface area contributed by atoms with Crippen molar-refractivity contribution in [3.05, 3.63) is 152 Å². The number of benzene rings is 8. The van der Waals surface area contributed by atoms with Crippen molar-refractivity contribution in [3.8, 4) is 39.4 Å². The molecule has 1 aliphatic rings. The summed E-state index contributed by atoms with van der Waals surface area (Å²) < 4.78 is 8.90. The zero-order chi connectivity index (χ0) is 28.8. The van der Waals surface area contributed by atoms with Gasteiger partial charge in [0.2, 0.25) is 0 Å². The van der Waals surface area contributed by atoms with E-state index in [2.05, 4.69) is 156 Å². The van der Waals surface area contributed by atoms with Crippen LogP contribution in [0.5, 0.6) is 11.5 Å². The van der Waals surface area contributed by atoms with Gasteiger partial charge in [-0.15, -0.1) is 0 Å². The maximum absolute atomic E-state index is 6.44. The molecular formula is C42H25NO. The lowest BCUT2D eigenvalue weighted by molar-refractivity contribution is 0.487. The summed E-state index contributed by atoms with van der Waals surface area (Å²) in [7, 11) is 0. The van der Waals surface area contributed by atoms with Gasteiger partial charge in [0, 0.05) is 32.8 Å². The van der Waals surface area contributed by atoms with Gasteiger partial charge >= 0.3 is 0 Å². The van der Waals surface area contributed by atoms with Crippen molar-refractivity contribution in [2.24, 2.45) is 0 Å². The van der Waals surface area contributed by atoms with Crippen LogP contribution in [0.3, 0.4) is 0 Å². The minimum Gasteiger partial charge on any atom is -0.456 e. The van der Waals surface area contributed by atoms with Gasteiger partial charge in [0.25, 0.3) is 0 Å². The maximum Gasteiger partial charge on any atom is 0.135 e. The highest BCUT2D eigenvalue weighted by molar-refractivity contribution is 6.22. The van der Waals surface area contributed by atoms with E-state index in [9.17, 15) is 0 Å². The molecule has 0 bridgehead atoms. The number of aromatic nitrogens is 1. The van der Waals surface area contributed by atoms with Crippen molar-refractivity contribution >= 4 is 54.1 Å². The van der Waals surface area contributed by atoms with Crippen molar-refractivity contribution in [1.82, 2.24) is 4.57 Å². The molecule has 10 rings (SSSR count). The number of hydrogen-bond acceptors (Lipinski definition) is 1. The van der Waals surface area contributed by atoms with Crippen LogP contribution in [-0.2, 0) is 0 Å². The zero-order valence-electron chi connectivity index (χ0n) is 23.8. The van der Waals surface area contributed by atoms with Gasteiger partial charge in [-0.3, -0.25) is 0 Å². The first-order valence-electron chi connectivity index (χ1n) is 15.1. The molecule has 2 heterocycles. The SMILES string of the molecule is c1ccc2cc(-n3c4cccc(-c5ccc6c(c5)-c5cccc7cccc(c57)O6)c4c4ccc5ccccc5c43)ccc2c1.